The normalized spacial score (nSPS) is 16.2. The van der Waals surface area contributed by atoms with Gasteiger partial charge in [-0.3, -0.25) is 9.69 Å². The summed E-state index contributed by atoms with van der Waals surface area (Å²) in [5.74, 6) is -0.0993. The number of halogens is 3. The topological polar surface area (TPSA) is 32.3 Å². The molecule has 3 aromatic rings. The minimum absolute atomic E-state index is 0.0993. The van der Waals surface area contributed by atoms with Crippen LogP contribution in [0.5, 0.6) is 0 Å². The Kier molecular flexibility index (Phi) is 4.53. The molecule has 1 aliphatic rings. The Hall–Kier alpha value is -2.20. The Morgan fingerprint density at radius 2 is 1.58 bits per heavy atom. The first-order valence-electron chi connectivity index (χ1n) is 7.94. The summed E-state index contributed by atoms with van der Waals surface area (Å²) in [4.78, 5) is 14.9. The van der Waals surface area contributed by atoms with Crippen molar-refractivity contribution in [1.82, 2.24) is 0 Å². The summed E-state index contributed by atoms with van der Waals surface area (Å²) in [6, 6.07) is 19.9. The maximum Gasteiger partial charge on any atom is 0.262 e. The van der Waals surface area contributed by atoms with Gasteiger partial charge in [-0.25, -0.2) is 0 Å². The first kappa shape index (κ1) is 17.2. The highest BCUT2D eigenvalue weighted by Crippen LogP contribution is 2.38. The summed E-state index contributed by atoms with van der Waals surface area (Å²) in [7, 11) is 0. The molecular formula is C20H13Cl3N2O. The van der Waals surface area contributed by atoms with Crippen LogP contribution >= 0.6 is 34.8 Å². The van der Waals surface area contributed by atoms with Crippen molar-refractivity contribution in [3.05, 3.63) is 92.9 Å². The predicted molar refractivity (Wildman–Crippen MR) is 108 cm³/mol. The SMILES string of the molecule is O=C1c2ccccc2N[C@H](c2ccc(Cl)c(Cl)c2)N1c1ccc(Cl)cc1. The molecule has 130 valence electrons. The van der Waals surface area contributed by atoms with E-state index in [-0.39, 0.29) is 5.91 Å². The van der Waals surface area contributed by atoms with Crippen molar-refractivity contribution in [3.8, 4) is 0 Å². The number of hydrogen-bond donors (Lipinski definition) is 1. The molecule has 0 fully saturated rings. The second-order valence-corrected chi connectivity index (χ2v) is 7.17. The molecule has 3 nitrogen and oxygen atoms in total. The van der Waals surface area contributed by atoms with Crippen LogP contribution in [0.1, 0.15) is 22.1 Å². The zero-order valence-electron chi connectivity index (χ0n) is 13.4. The van der Waals surface area contributed by atoms with Crippen LogP contribution in [-0.4, -0.2) is 5.91 Å². The van der Waals surface area contributed by atoms with Crippen molar-refractivity contribution >= 4 is 52.1 Å². The Balaban J connectivity index is 1.86. The number of hydrogen-bond acceptors (Lipinski definition) is 2. The smallest absolute Gasteiger partial charge is 0.262 e. The number of carbonyl (C=O) groups is 1. The van der Waals surface area contributed by atoms with Gasteiger partial charge < -0.3 is 5.32 Å². The molecule has 0 bridgehead atoms. The van der Waals surface area contributed by atoms with Crippen LogP contribution in [0.4, 0.5) is 11.4 Å². The first-order valence-corrected chi connectivity index (χ1v) is 9.07. The van der Waals surface area contributed by atoms with E-state index < -0.39 is 6.17 Å². The van der Waals surface area contributed by atoms with E-state index >= 15 is 0 Å². The molecule has 0 spiro atoms. The summed E-state index contributed by atoms with van der Waals surface area (Å²) < 4.78 is 0. The zero-order valence-corrected chi connectivity index (χ0v) is 15.7. The van der Waals surface area contributed by atoms with Crippen molar-refractivity contribution in [1.29, 1.82) is 0 Å². The Morgan fingerprint density at radius 1 is 0.846 bits per heavy atom. The van der Waals surface area contributed by atoms with Gasteiger partial charge in [0.2, 0.25) is 0 Å². The van der Waals surface area contributed by atoms with Gasteiger partial charge in [-0.1, -0.05) is 53.0 Å². The minimum Gasteiger partial charge on any atom is -0.360 e. The highest BCUT2D eigenvalue weighted by atomic mass is 35.5. The number of amides is 1. The van der Waals surface area contributed by atoms with Gasteiger partial charge in [0.15, 0.2) is 0 Å². The molecule has 0 aliphatic carbocycles. The second kappa shape index (κ2) is 6.84. The third-order valence-corrected chi connectivity index (χ3v) is 5.28. The van der Waals surface area contributed by atoms with Gasteiger partial charge in [-0.05, 0) is 54.1 Å². The van der Waals surface area contributed by atoms with E-state index in [0.717, 1.165) is 16.9 Å². The second-order valence-electron chi connectivity index (χ2n) is 5.92. The van der Waals surface area contributed by atoms with Crippen molar-refractivity contribution in [2.75, 3.05) is 10.2 Å². The van der Waals surface area contributed by atoms with Gasteiger partial charge in [0, 0.05) is 16.4 Å². The molecule has 0 saturated carbocycles. The number of rotatable bonds is 2. The summed E-state index contributed by atoms with van der Waals surface area (Å²) >= 11 is 18.3. The molecule has 3 aromatic carbocycles. The Bertz CT molecular complexity index is 989. The molecule has 0 aromatic heterocycles. The van der Waals surface area contributed by atoms with Gasteiger partial charge in [0.1, 0.15) is 6.17 Å². The molecule has 0 saturated heterocycles. The van der Waals surface area contributed by atoms with Crippen LogP contribution in [-0.2, 0) is 0 Å². The summed E-state index contributed by atoms with van der Waals surface area (Å²) in [5.41, 5.74) is 2.95. The van der Waals surface area contributed by atoms with Crippen LogP contribution in [0.15, 0.2) is 66.7 Å². The zero-order chi connectivity index (χ0) is 18.3. The number of anilines is 2. The van der Waals surface area contributed by atoms with Gasteiger partial charge in [-0.15, -0.1) is 0 Å². The van der Waals surface area contributed by atoms with Crippen molar-refractivity contribution in [2.24, 2.45) is 0 Å². The lowest BCUT2D eigenvalue weighted by Gasteiger charge is -2.38. The van der Waals surface area contributed by atoms with Crippen molar-refractivity contribution < 1.29 is 4.79 Å². The van der Waals surface area contributed by atoms with E-state index in [9.17, 15) is 4.79 Å². The lowest BCUT2D eigenvalue weighted by Crippen LogP contribution is -2.43. The number of nitrogens with one attached hydrogen (secondary N) is 1. The molecule has 0 unspecified atom stereocenters. The van der Waals surface area contributed by atoms with Crippen LogP contribution in [0.25, 0.3) is 0 Å². The number of para-hydroxylation sites is 1. The largest absolute Gasteiger partial charge is 0.360 e. The molecule has 1 N–H and O–H groups in total. The fourth-order valence-corrected chi connectivity index (χ4v) is 3.47. The van der Waals surface area contributed by atoms with E-state index in [0.29, 0.717) is 20.6 Å². The average molecular weight is 404 g/mol. The molecule has 0 radical (unpaired) electrons. The lowest BCUT2D eigenvalue weighted by molar-refractivity contribution is 0.0975. The van der Waals surface area contributed by atoms with Crippen LogP contribution in [0.2, 0.25) is 15.1 Å². The number of benzene rings is 3. The highest BCUT2D eigenvalue weighted by molar-refractivity contribution is 6.42. The summed E-state index contributed by atoms with van der Waals surface area (Å²) in [5, 5.41) is 4.94. The summed E-state index contributed by atoms with van der Waals surface area (Å²) in [6.07, 6.45) is -0.423. The molecule has 4 rings (SSSR count). The van der Waals surface area contributed by atoms with Gasteiger partial charge in [0.05, 0.1) is 15.6 Å². The van der Waals surface area contributed by atoms with E-state index in [1.807, 2.05) is 36.4 Å². The molecule has 6 heteroatoms. The van der Waals surface area contributed by atoms with E-state index in [4.69, 9.17) is 34.8 Å². The molecule has 1 amide bonds. The van der Waals surface area contributed by atoms with E-state index in [1.165, 1.54) is 0 Å². The van der Waals surface area contributed by atoms with Crippen LogP contribution in [0.3, 0.4) is 0 Å². The number of nitrogens with zero attached hydrogens (tertiary/aromatic N) is 1. The maximum atomic E-state index is 13.2. The van der Waals surface area contributed by atoms with Gasteiger partial charge >= 0.3 is 0 Å². The molecular weight excluding hydrogens is 391 g/mol. The molecule has 1 heterocycles. The third-order valence-electron chi connectivity index (χ3n) is 4.29. The molecule has 26 heavy (non-hydrogen) atoms. The van der Waals surface area contributed by atoms with Crippen LogP contribution in [0, 0.1) is 0 Å². The average Bonchev–Trinajstić information content (AvgIpc) is 2.65. The summed E-state index contributed by atoms with van der Waals surface area (Å²) in [6.45, 7) is 0. The fraction of sp³-hybridized carbons (Fsp3) is 0.0500. The third kappa shape index (κ3) is 3.03. The van der Waals surface area contributed by atoms with Crippen LogP contribution < -0.4 is 10.2 Å². The molecule has 1 aliphatic heterocycles. The predicted octanol–water partition coefficient (Wildman–Crippen LogP) is 6.42. The lowest BCUT2D eigenvalue weighted by atomic mass is 10.0. The standard InChI is InChI=1S/C20H13Cl3N2O/c21-13-6-8-14(9-7-13)25-19(12-5-10-16(22)17(23)11-12)24-18-4-2-1-3-15(18)20(25)26/h1-11,19,24H/t19-/m0/s1. The van der Waals surface area contributed by atoms with Crippen molar-refractivity contribution in [3.63, 3.8) is 0 Å². The van der Waals surface area contributed by atoms with Gasteiger partial charge in [0.25, 0.3) is 5.91 Å². The Morgan fingerprint density at radius 3 is 2.31 bits per heavy atom. The number of carbonyl (C=O) groups excluding carboxylic acids is 1. The Labute approximate surface area is 166 Å². The van der Waals surface area contributed by atoms with Crippen molar-refractivity contribution in [2.45, 2.75) is 6.17 Å². The monoisotopic (exact) mass is 402 g/mol. The minimum atomic E-state index is -0.423. The quantitative estimate of drug-likeness (QED) is 0.535. The maximum absolute atomic E-state index is 13.2. The first-order chi connectivity index (χ1) is 12.5. The molecule has 1 atom stereocenters. The van der Waals surface area contributed by atoms with E-state index in [2.05, 4.69) is 5.32 Å². The fourth-order valence-electron chi connectivity index (χ4n) is 3.04. The number of fused-ring (bicyclic) bond motifs is 1. The van der Waals surface area contributed by atoms with E-state index in [1.54, 1.807) is 35.2 Å². The highest BCUT2D eigenvalue weighted by Gasteiger charge is 2.34. The van der Waals surface area contributed by atoms with Gasteiger partial charge in [-0.2, -0.15) is 0 Å².